The minimum absolute atomic E-state index is 0.265. The van der Waals surface area contributed by atoms with Crippen LogP contribution in [0, 0.1) is 0 Å². The van der Waals surface area contributed by atoms with Crippen molar-refractivity contribution in [3.63, 3.8) is 0 Å². The largest absolute Gasteiger partial charge is 0.394 e. The van der Waals surface area contributed by atoms with E-state index in [2.05, 4.69) is 0 Å². The first kappa shape index (κ1) is 14.4. The van der Waals surface area contributed by atoms with Crippen molar-refractivity contribution in [3.05, 3.63) is 0 Å². The van der Waals surface area contributed by atoms with Crippen LogP contribution in [0.2, 0.25) is 0 Å². The topological polar surface area (TPSA) is 133 Å². The molecule has 0 aliphatic carbocycles. The first-order chi connectivity index (χ1) is 6.93. The Morgan fingerprint density at radius 2 is 1.87 bits per heavy atom. The highest BCUT2D eigenvalue weighted by molar-refractivity contribution is 5.57. The van der Waals surface area contributed by atoms with Crippen LogP contribution < -0.4 is 5.73 Å². The van der Waals surface area contributed by atoms with Crippen molar-refractivity contribution in [2.45, 2.75) is 37.6 Å². The van der Waals surface area contributed by atoms with Gasteiger partial charge in [-0.2, -0.15) is 0 Å². The molecule has 0 spiro atoms. The van der Waals surface area contributed by atoms with Crippen molar-refractivity contribution in [1.29, 1.82) is 0 Å². The molecule has 0 radical (unpaired) electrons. The third-order valence-electron chi connectivity index (χ3n) is 1.77. The van der Waals surface area contributed by atoms with Gasteiger partial charge >= 0.3 is 0 Å². The molecule has 0 saturated heterocycles. The monoisotopic (exact) mass is 223 g/mol. The van der Waals surface area contributed by atoms with Crippen LogP contribution in [-0.2, 0) is 9.53 Å². The lowest BCUT2D eigenvalue weighted by Gasteiger charge is -2.26. The van der Waals surface area contributed by atoms with Gasteiger partial charge in [0.2, 0.25) is 0 Å². The van der Waals surface area contributed by atoms with Gasteiger partial charge in [-0.15, -0.1) is 0 Å². The molecule has 0 saturated carbocycles. The van der Waals surface area contributed by atoms with Crippen molar-refractivity contribution in [2.75, 3.05) is 6.61 Å². The summed E-state index contributed by atoms with van der Waals surface area (Å²) in [7, 11) is 0. The molecule has 0 aliphatic heterocycles. The SMILES string of the molecule is CC(N)O[C@H](C=O)[C@@H](O)[C@H](O)[C@H](O)CO. The zero-order valence-electron chi connectivity index (χ0n) is 8.35. The normalized spacial score (nSPS) is 21.5. The van der Waals surface area contributed by atoms with Crippen LogP contribution in [0.15, 0.2) is 0 Å². The van der Waals surface area contributed by atoms with E-state index in [0.717, 1.165) is 0 Å². The van der Waals surface area contributed by atoms with E-state index in [1.807, 2.05) is 0 Å². The molecular formula is C8H17NO6. The minimum Gasteiger partial charge on any atom is -0.394 e. The predicted octanol–water partition coefficient (Wildman–Crippen LogP) is -3.05. The Morgan fingerprint density at radius 1 is 1.33 bits per heavy atom. The Labute approximate surface area is 87.1 Å². The van der Waals surface area contributed by atoms with Crippen molar-refractivity contribution in [3.8, 4) is 0 Å². The summed E-state index contributed by atoms with van der Waals surface area (Å²) in [5.41, 5.74) is 5.23. The number of carbonyl (C=O) groups is 1. The molecule has 7 nitrogen and oxygen atoms in total. The summed E-state index contributed by atoms with van der Waals surface area (Å²) in [4.78, 5) is 10.5. The lowest BCUT2D eigenvalue weighted by Crippen LogP contribution is -2.48. The van der Waals surface area contributed by atoms with Crippen LogP contribution in [0.4, 0.5) is 0 Å². The van der Waals surface area contributed by atoms with E-state index in [1.165, 1.54) is 6.92 Å². The number of nitrogens with two attached hydrogens (primary N) is 1. The number of rotatable bonds is 7. The average Bonchev–Trinajstić information content (AvgIpc) is 2.22. The number of aliphatic hydroxyl groups is 4. The summed E-state index contributed by atoms with van der Waals surface area (Å²) in [6.45, 7) is 0.708. The van der Waals surface area contributed by atoms with Gasteiger partial charge in [-0.3, -0.25) is 0 Å². The first-order valence-corrected chi connectivity index (χ1v) is 4.45. The van der Waals surface area contributed by atoms with Crippen LogP contribution in [0.1, 0.15) is 6.92 Å². The van der Waals surface area contributed by atoms with Gasteiger partial charge in [0, 0.05) is 0 Å². The Morgan fingerprint density at radius 3 is 2.20 bits per heavy atom. The van der Waals surface area contributed by atoms with Crippen LogP contribution in [0.5, 0.6) is 0 Å². The van der Waals surface area contributed by atoms with Gasteiger partial charge in [-0.25, -0.2) is 0 Å². The molecule has 0 aromatic rings. The van der Waals surface area contributed by atoms with E-state index >= 15 is 0 Å². The Hall–Kier alpha value is -0.570. The van der Waals surface area contributed by atoms with Crippen molar-refractivity contribution in [2.24, 2.45) is 5.73 Å². The molecule has 6 N–H and O–H groups in total. The molecule has 15 heavy (non-hydrogen) atoms. The zero-order chi connectivity index (χ0) is 12.0. The van der Waals surface area contributed by atoms with E-state index in [-0.39, 0.29) is 6.29 Å². The van der Waals surface area contributed by atoms with Gasteiger partial charge < -0.3 is 35.7 Å². The lowest BCUT2D eigenvalue weighted by molar-refractivity contribution is -0.153. The van der Waals surface area contributed by atoms with E-state index in [0.29, 0.717) is 0 Å². The van der Waals surface area contributed by atoms with Gasteiger partial charge in [0.25, 0.3) is 0 Å². The quantitative estimate of drug-likeness (QED) is 0.229. The van der Waals surface area contributed by atoms with Gasteiger partial charge in [0.1, 0.15) is 30.6 Å². The molecule has 0 aromatic heterocycles. The Bertz CT molecular complexity index is 188. The van der Waals surface area contributed by atoms with Crippen LogP contribution >= 0.6 is 0 Å². The highest BCUT2D eigenvalue weighted by Gasteiger charge is 2.32. The maximum Gasteiger partial charge on any atom is 0.151 e. The molecule has 0 aromatic carbocycles. The summed E-state index contributed by atoms with van der Waals surface area (Å²) >= 11 is 0. The third kappa shape index (κ3) is 4.65. The summed E-state index contributed by atoms with van der Waals surface area (Å²) in [5.74, 6) is 0. The fourth-order valence-electron chi connectivity index (χ4n) is 0.971. The average molecular weight is 223 g/mol. The Kier molecular flexibility index (Phi) is 6.57. The molecule has 0 fully saturated rings. The zero-order valence-corrected chi connectivity index (χ0v) is 8.35. The number of hydrogen-bond acceptors (Lipinski definition) is 7. The molecule has 0 aliphatic rings. The van der Waals surface area contributed by atoms with Crippen molar-refractivity contribution in [1.82, 2.24) is 0 Å². The maximum absolute atomic E-state index is 10.5. The molecule has 90 valence electrons. The number of ether oxygens (including phenoxy) is 1. The second kappa shape index (κ2) is 6.83. The van der Waals surface area contributed by atoms with Gasteiger partial charge in [-0.1, -0.05) is 0 Å². The van der Waals surface area contributed by atoms with E-state index in [1.54, 1.807) is 0 Å². The van der Waals surface area contributed by atoms with Crippen LogP contribution in [0.3, 0.4) is 0 Å². The van der Waals surface area contributed by atoms with E-state index in [9.17, 15) is 15.0 Å². The number of aliphatic hydroxyl groups excluding tert-OH is 4. The summed E-state index contributed by atoms with van der Waals surface area (Å²) in [6, 6.07) is 0. The van der Waals surface area contributed by atoms with Gasteiger partial charge in [0.15, 0.2) is 6.29 Å². The maximum atomic E-state index is 10.5. The molecule has 0 rings (SSSR count). The summed E-state index contributed by atoms with van der Waals surface area (Å²) in [6.07, 6.45) is -6.74. The predicted molar refractivity (Wildman–Crippen MR) is 49.7 cm³/mol. The lowest BCUT2D eigenvalue weighted by atomic mass is 10.0. The molecule has 5 atom stereocenters. The second-order valence-corrected chi connectivity index (χ2v) is 3.17. The fourth-order valence-corrected chi connectivity index (χ4v) is 0.971. The van der Waals surface area contributed by atoms with E-state index < -0.39 is 37.3 Å². The Balaban J connectivity index is 4.36. The first-order valence-electron chi connectivity index (χ1n) is 4.45. The molecule has 0 bridgehead atoms. The van der Waals surface area contributed by atoms with Gasteiger partial charge in [0.05, 0.1) is 6.61 Å². The number of hydrogen-bond donors (Lipinski definition) is 5. The summed E-state index contributed by atoms with van der Waals surface area (Å²) in [5, 5.41) is 36.2. The van der Waals surface area contributed by atoms with Crippen LogP contribution in [0.25, 0.3) is 0 Å². The van der Waals surface area contributed by atoms with E-state index in [4.69, 9.17) is 20.7 Å². The minimum atomic E-state index is -1.68. The number of carbonyl (C=O) groups excluding carboxylic acids is 1. The standard InChI is InChI=1S/C8H17NO6/c1-4(9)15-6(3-11)8(14)7(13)5(12)2-10/h3-8,10,12-14H,2,9H2,1H3/t4?,5-,6-,7-,8-/m1/s1. The van der Waals surface area contributed by atoms with Gasteiger partial charge in [-0.05, 0) is 6.92 Å². The smallest absolute Gasteiger partial charge is 0.151 e. The summed E-state index contributed by atoms with van der Waals surface area (Å²) < 4.78 is 4.78. The fraction of sp³-hybridized carbons (Fsp3) is 0.875. The second-order valence-electron chi connectivity index (χ2n) is 3.17. The molecule has 1 unspecified atom stereocenters. The molecule has 7 heteroatoms. The molecule has 0 heterocycles. The van der Waals surface area contributed by atoms with Crippen LogP contribution in [-0.4, -0.2) is 64.0 Å². The number of aldehydes is 1. The molecular weight excluding hydrogens is 206 g/mol. The highest BCUT2D eigenvalue weighted by Crippen LogP contribution is 2.07. The third-order valence-corrected chi connectivity index (χ3v) is 1.77. The highest BCUT2D eigenvalue weighted by atomic mass is 16.5. The molecule has 0 amide bonds. The van der Waals surface area contributed by atoms with Crippen molar-refractivity contribution >= 4 is 6.29 Å². The van der Waals surface area contributed by atoms with Crippen molar-refractivity contribution < 1.29 is 30.0 Å².